The smallest absolute Gasteiger partial charge is 0.249 e. The summed E-state index contributed by atoms with van der Waals surface area (Å²) in [5, 5.41) is 6.17. The Bertz CT molecular complexity index is 692. The largest absolute Gasteiger partial charge is 0.343 e. The first kappa shape index (κ1) is 17.4. The van der Waals surface area contributed by atoms with E-state index in [-0.39, 0.29) is 24.2 Å². The highest BCUT2D eigenvalue weighted by molar-refractivity contribution is 6.02. The molecule has 140 valence electrons. The Kier molecular flexibility index (Phi) is 4.65. The zero-order valence-corrected chi connectivity index (χ0v) is 14.5. The van der Waals surface area contributed by atoms with E-state index in [1.807, 2.05) is 0 Å². The van der Waals surface area contributed by atoms with E-state index in [1.165, 1.54) is 18.9 Å². The summed E-state index contributed by atoms with van der Waals surface area (Å²) in [6.07, 6.45) is 5.77. The fraction of sp³-hybridized carbons (Fsp3) is 0.579. The third-order valence-electron chi connectivity index (χ3n) is 5.91. The summed E-state index contributed by atoms with van der Waals surface area (Å²) in [6.45, 7) is 0.185. The summed E-state index contributed by atoms with van der Waals surface area (Å²) in [4.78, 5) is 26.2. The molecule has 26 heavy (non-hydrogen) atoms. The molecule has 2 amide bonds. The first-order valence-electron chi connectivity index (χ1n) is 9.36. The lowest BCUT2D eigenvalue weighted by Gasteiger charge is -2.24. The molecular formula is C19H23F2N3O2. The van der Waals surface area contributed by atoms with E-state index in [0.29, 0.717) is 18.4 Å². The molecule has 4 rings (SSSR count). The van der Waals surface area contributed by atoms with Crippen LogP contribution in [0.1, 0.15) is 38.5 Å². The van der Waals surface area contributed by atoms with E-state index >= 15 is 0 Å². The van der Waals surface area contributed by atoms with E-state index < -0.39 is 23.6 Å². The molecule has 2 saturated heterocycles. The number of anilines is 1. The molecule has 3 fully saturated rings. The van der Waals surface area contributed by atoms with E-state index in [2.05, 4.69) is 10.6 Å². The molecule has 2 aliphatic heterocycles. The lowest BCUT2D eigenvalue weighted by Crippen LogP contribution is -2.49. The summed E-state index contributed by atoms with van der Waals surface area (Å²) in [5.41, 5.74) is -0.334. The molecule has 7 heteroatoms. The predicted molar refractivity (Wildman–Crippen MR) is 92.5 cm³/mol. The molecule has 0 radical (unpaired) electrons. The zero-order valence-electron chi connectivity index (χ0n) is 14.5. The summed E-state index contributed by atoms with van der Waals surface area (Å²) < 4.78 is 27.9. The maximum atomic E-state index is 13.9. The van der Waals surface area contributed by atoms with Crippen molar-refractivity contribution in [1.29, 1.82) is 0 Å². The molecule has 2 N–H and O–H groups in total. The highest BCUT2D eigenvalue weighted by Crippen LogP contribution is 2.33. The molecule has 1 aliphatic carbocycles. The van der Waals surface area contributed by atoms with Gasteiger partial charge in [-0.25, -0.2) is 8.78 Å². The lowest BCUT2D eigenvalue weighted by molar-refractivity contribution is -0.127. The average Bonchev–Trinajstić information content (AvgIpc) is 3.20. The van der Waals surface area contributed by atoms with Crippen molar-refractivity contribution in [3.05, 3.63) is 29.8 Å². The molecule has 1 saturated carbocycles. The van der Waals surface area contributed by atoms with Gasteiger partial charge in [-0.3, -0.25) is 9.59 Å². The van der Waals surface area contributed by atoms with E-state index in [9.17, 15) is 18.4 Å². The molecule has 0 bridgehead atoms. The maximum absolute atomic E-state index is 13.9. The zero-order chi connectivity index (χ0) is 18.3. The Hall–Kier alpha value is -2.02. The minimum atomic E-state index is -0.771. The van der Waals surface area contributed by atoms with Crippen molar-refractivity contribution in [2.24, 2.45) is 5.92 Å². The third-order valence-corrected chi connectivity index (χ3v) is 5.91. The Labute approximate surface area is 151 Å². The Morgan fingerprint density at radius 1 is 1.15 bits per heavy atom. The number of carbonyl (C=O) groups excluding carboxylic acids is 2. The second-order valence-electron chi connectivity index (χ2n) is 7.52. The van der Waals surface area contributed by atoms with Crippen molar-refractivity contribution in [2.45, 2.75) is 56.7 Å². The summed E-state index contributed by atoms with van der Waals surface area (Å²) in [6, 6.07) is 2.90. The van der Waals surface area contributed by atoms with Gasteiger partial charge in [0.2, 0.25) is 11.8 Å². The molecular weight excluding hydrogens is 340 g/mol. The molecule has 0 spiro atoms. The van der Waals surface area contributed by atoms with Gasteiger partial charge in [0.15, 0.2) is 0 Å². The van der Waals surface area contributed by atoms with Gasteiger partial charge in [-0.05, 0) is 43.7 Å². The van der Waals surface area contributed by atoms with Gasteiger partial charge >= 0.3 is 0 Å². The maximum Gasteiger partial charge on any atom is 0.249 e. The first-order valence-corrected chi connectivity index (χ1v) is 9.36. The molecule has 4 unspecified atom stereocenters. The number of fused-ring (bicyclic) bond motifs is 1. The number of halogens is 2. The van der Waals surface area contributed by atoms with Crippen LogP contribution in [0, 0.1) is 17.6 Å². The van der Waals surface area contributed by atoms with Crippen LogP contribution < -0.4 is 15.5 Å². The molecule has 1 aromatic rings. The van der Waals surface area contributed by atoms with Gasteiger partial charge in [-0.1, -0.05) is 18.9 Å². The number of hydrogen-bond donors (Lipinski definition) is 2. The fourth-order valence-corrected chi connectivity index (χ4v) is 4.58. The van der Waals surface area contributed by atoms with Gasteiger partial charge in [-0.2, -0.15) is 0 Å². The van der Waals surface area contributed by atoms with Crippen LogP contribution in [0.15, 0.2) is 18.2 Å². The highest BCUT2D eigenvalue weighted by atomic mass is 19.1. The second-order valence-corrected chi connectivity index (χ2v) is 7.52. The monoisotopic (exact) mass is 363 g/mol. The topological polar surface area (TPSA) is 61.4 Å². The SMILES string of the molecule is O=C(NC1CCN(c2c(F)cccc2F)C1=O)C1CC2CCCCC2N1. The fourth-order valence-electron chi connectivity index (χ4n) is 4.58. The van der Waals surface area contributed by atoms with E-state index in [1.54, 1.807) is 0 Å². The normalized spacial score (nSPS) is 31.2. The number of hydrogen-bond acceptors (Lipinski definition) is 3. The van der Waals surface area contributed by atoms with Crippen LogP contribution in [0.2, 0.25) is 0 Å². The van der Waals surface area contributed by atoms with Crippen LogP contribution in [0.4, 0.5) is 14.5 Å². The number of benzene rings is 1. The minimum Gasteiger partial charge on any atom is -0.343 e. The van der Waals surface area contributed by atoms with Crippen LogP contribution in [0.3, 0.4) is 0 Å². The van der Waals surface area contributed by atoms with Crippen molar-refractivity contribution in [3.8, 4) is 0 Å². The van der Waals surface area contributed by atoms with Crippen molar-refractivity contribution in [1.82, 2.24) is 10.6 Å². The Morgan fingerprint density at radius 3 is 2.62 bits per heavy atom. The van der Waals surface area contributed by atoms with Crippen molar-refractivity contribution in [2.75, 3.05) is 11.4 Å². The summed E-state index contributed by atoms with van der Waals surface area (Å²) >= 11 is 0. The minimum absolute atomic E-state index is 0.185. The van der Waals surface area contributed by atoms with Gasteiger partial charge < -0.3 is 15.5 Å². The van der Waals surface area contributed by atoms with Gasteiger partial charge in [0.1, 0.15) is 23.4 Å². The van der Waals surface area contributed by atoms with Gasteiger partial charge in [0.25, 0.3) is 0 Å². The Morgan fingerprint density at radius 2 is 1.88 bits per heavy atom. The summed E-state index contributed by atoms with van der Waals surface area (Å²) in [7, 11) is 0. The quantitative estimate of drug-likeness (QED) is 0.865. The third kappa shape index (κ3) is 3.09. The lowest BCUT2D eigenvalue weighted by atomic mass is 9.85. The van der Waals surface area contributed by atoms with E-state index in [4.69, 9.17) is 0 Å². The van der Waals surface area contributed by atoms with Gasteiger partial charge in [0.05, 0.1) is 6.04 Å². The standard InChI is InChI=1S/C19H23F2N3O2/c20-12-5-3-6-13(21)17(12)24-9-8-15(19(24)26)23-18(25)16-10-11-4-1-2-7-14(11)22-16/h3,5-6,11,14-16,22H,1-2,4,7-10H2,(H,23,25). The van der Waals surface area contributed by atoms with Crippen LogP contribution in [-0.2, 0) is 9.59 Å². The number of para-hydroxylation sites is 1. The molecule has 5 nitrogen and oxygen atoms in total. The van der Waals surface area contributed by atoms with Gasteiger partial charge in [0, 0.05) is 12.6 Å². The van der Waals surface area contributed by atoms with Gasteiger partial charge in [-0.15, -0.1) is 0 Å². The number of nitrogens with zero attached hydrogens (tertiary/aromatic N) is 1. The molecule has 1 aromatic carbocycles. The Balaban J connectivity index is 1.40. The number of rotatable bonds is 3. The van der Waals surface area contributed by atoms with Crippen LogP contribution in [0.25, 0.3) is 0 Å². The second kappa shape index (κ2) is 6.95. The van der Waals surface area contributed by atoms with E-state index in [0.717, 1.165) is 36.3 Å². The molecule has 2 heterocycles. The van der Waals surface area contributed by atoms with Crippen molar-refractivity contribution in [3.63, 3.8) is 0 Å². The molecule has 3 aliphatic rings. The predicted octanol–water partition coefficient (Wildman–Crippen LogP) is 2.11. The van der Waals surface area contributed by atoms with Crippen molar-refractivity contribution < 1.29 is 18.4 Å². The number of nitrogens with one attached hydrogen (secondary N) is 2. The van der Waals surface area contributed by atoms with Crippen LogP contribution in [-0.4, -0.2) is 36.5 Å². The molecule has 0 aromatic heterocycles. The summed E-state index contributed by atoms with van der Waals surface area (Å²) in [5.74, 6) is -1.66. The number of carbonyl (C=O) groups is 2. The average molecular weight is 363 g/mol. The van der Waals surface area contributed by atoms with Crippen LogP contribution >= 0.6 is 0 Å². The van der Waals surface area contributed by atoms with Crippen molar-refractivity contribution >= 4 is 17.5 Å². The highest BCUT2D eigenvalue weighted by Gasteiger charge is 2.41. The van der Waals surface area contributed by atoms with Crippen LogP contribution in [0.5, 0.6) is 0 Å². The number of amides is 2. The molecule has 4 atom stereocenters. The first-order chi connectivity index (χ1) is 12.5.